The highest BCUT2D eigenvalue weighted by Crippen LogP contribution is 2.24. The summed E-state index contributed by atoms with van der Waals surface area (Å²) in [4.78, 5) is 11.8. The highest BCUT2D eigenvalue weighted by Gasteiger charge is 2.25. The zero-order valence-electron chi connectivity index (χ0n) is 9.51. The van der Waals surface area contributed by atoms with E-state index in [1.165, 1.54) is 0 Å². The van der Waals surface area contributed by atoms with Gasteiger partial charge in [-0.2, -0.15) is 5.10 Å². The molecule has 0 amide bonds. The third kappa shape index (κ3) is 1.53. The third-order valence-electron chi connectivity index (χ3n) is 3.05. The number of ether oxygens (including phenoxy) is 1. The fourth-order valence-corrected chi connectivity index (χ4v) is 2.15. The van der Waals surface area contributed by atoms with Gasteiger partial charge in [0.25, 0.3) is 0 Å². The van der Waals surface area contributed by atoms with Crippen LogP contribution in [0.2, 0.25) is 0 Å². The first-order chi connectivity index (χ1) is 8.29. The van der Waals surface area contributed by atoms with Crippen molar-refractivity contribution in [3.05, 3.63) is 41.7 Å². The standard InChI is InChI=1S/C13H12N2O2/c1-17-11-5-3-10(4-6-11)15-13-9(8-14-15)2-7-12(13)16/h3-6,8H,2,7H2,1H3. The summed E-state index contributed by atoms with van der Waals surface area (Å²) in [6, 6.07) is 7.53. The predicted molar refractivity (Wildman–Crippen MR) is 62.8 cm³/mol. The molecule has 0 atom stereocenters. The number of carbonyl (C=O) groups is 1. The van der Waals surface area contributed by atoms with E-state index in [-0.39, 0.29) is 5.78 Å². The highest BCUT2D eigenvalue weighted by atomic mass is 16.5. The summed E-state index contributed by atoms with van der Waals surface area (Å²) in [6.45, 7) is 0. The van der Waals surface area contributed by atoms with Crippen LogP contribution in [-0.2, 0) is 6.42 Å². The summed E-state index contributed by atoms with van der Waals surface area (Å²) >= 11 is 0. The van der Waals surface area contributed by atoms with Gasteiger partial charge in [0.15, 0.2) is 5.78 Å². The van der Waals surface area contributed by atoms with Crippen molar-refractivity contribution >= 4 is 5.78 Å². The number of hydrogen-bond acceptors (Lipinski definition) is 3. The Balaban J connectivity index is 2.07. The van der Waals surface area contributed by atoms with Crippen LogP contribution in [0.5, 0.6) is 5.75 Å². The second-order valence-electron chi connectivity index (χ2n) is 4.05. The summed E-state index contributed by atoms with van der Waals surface area (Å²) in [5.41, 5.74) is 2.67. The Morgan fingerprint density at radius 2 is 2.00 bits per heavy atom. The van der Waals surface area contributed by atoms with Crippen LogP contribution in [0.3, 0.4) is 0 Å². The quantitative estimate of drug-likeness (QED) is 0.789. The highest BCUT2D eigenvalue weighted by molar-refractivity contribution is 5.99. The maximum atomic E-state index is 11.8. The molecule has 1 aliphatic rings. The van der Waals surface area contributed by atoms with Gasteiger partial charge in [-0.25, -0.2) is 4.68 Å². The van der Waals surface area contributed by atoms with E-state index in [4.69, 9.17) is 4.74 Å². The van der Waals surface area contributed by atoms with E-state index in [0.717, 1.165) is 29.1 Å². The van der Waals surface area contributed by atoms with Gasteiger partial charge < -0.3 is 4.74 Å². The number of aromatic nitrogens is 2. The molecule has 4 heteroatoms. The molecule has 0 spiro atoms. The third-order valence-corrected chi connectivity index (χ3v) is 3.05. The lowest BCUT2D eigenvalue weighted by Gasteiger charge is -2.05. The van der Waals surface area contributed by atoms with Crippen LogP contribution >= 0.6 is 0 Å². The average Bonchev–Trinajstić information content (AvgIpc) is 2.93. The minimum atomic E-state index is 0.174. The zero-order chi connectivity index (χ0) is 11.8. The number of benzene rings is 1. The van der Waals surface area contributed by atoms with E-state index in [2.05, 4.69) is 5.10 Å². The van der Waals surface area contributed by atoms with Crippen LogP contribution in [0.1, 0.15) is 22.5 Å². The number of nitrogens with zero attached hydrogens (tertiary/aromatic N) is 2. The van der Waals surface area contributed by atoms with Crippen molar-refractivity contribution in [1.82, 2.24) is 9.78 Å². The predicted octanol–water partition coefficient (Wildman–Crippen LogP) is 2.01. The van der Waals surface area contributed by atoms with Gasteiger partial charge in [0.1, 0.15) is 11.4 Å². The van der Waals surface area contributed by atoms with E-state index < -0.39 is 0 Å². The van der Waals surface area contributed by atoms with Crippen LogP contribution in [0.25, 0.3) is 5.69 Å². The second-order valence-corrected chi connectivity index (χ2v) is 4.05. The molecule has 1 aromatic carbocycles. The van der Waals surface area contributed by atoms with Crippen molar-refractivity contribution in [2.75, 3.05) is 7.11 Å². The van der Waals surface area contributed by atoms with Crippen LogP contribution in [0.15, 0.2) is 30.5 Å². The average molecular weight is 228 g/mol. The second kappa shape index (κ2) is 3.73. The van der Waals surface area contributed by atoms with Crippen molar-refractivity contribution in [2.45, 2.75) is 12.8 Å². The van der Waals surface area contributed by atoms with Crippen molar-refractivity contribution < 1.29 is 9.53 Å². The summed E-state index contributed by atoms with van der Waals surface area (Å²) in [5, 5.41) is 4.27. The normalized spacial score (nSPS) is 13.8. The maximum Gasteiger partial charge on any atom is 0.181 e. The van der Waals surface area contributed by atoms with Gasteiger partial charge in [-0.1, -0.05) is 0 Å². The molecule has 0 unspecified atom stereocenters. The molecule has 0 aliphatic heterocycles. The number of fused-ring (bicyclic) bond motifs is 1. The fourth-order valence-electron chi connectivity index (χ4n) is 2.15. The summed E-state index contributed by atoms with van der Waals surface area (Å²) in [7, 11) is 1.63. The smallest absolute Gasteiger partial charge is 0.181 e. The Bertz CT molecular complexity index is 570. The lowest BCUT2D eigenvalue weighted by Crippen LogP contribution is -2.05. The molecular formula is C13H12N2O2. The van der Waals surface area contributed by atoms with Crippen LogP contribution in [-0.4, -0.2) is 22.7 Å². The SMILES string of the molecule is COc1ccc(-n2ncc3c2C(=O)CC3)cc1. The fraction of sp³-hybridized carbons (Fsp3) is 0.231. The Kier molecular flexibility index (Phi) is 2.21. The molecule has 0 saturated heterocycles. The van der Waals surface area contributed by atoms with Crippen LogP contribution in [0.4, 0.5) is 0 Å². The first kappa shape index (κ1) is 10.1. The van der Waals surface area contributed by atoms with Gasteiger partial charge in [0, 0.05) is 12.0 Å². The van der Waals surface area contributed by atoms with Gasteiger partial charge >= 0.3 is 0 Å². The number of rotatable bonds is 2. The van der Waals surface area contributed by atoms with Gasteiger partial charge in [-0.15, -0.1) is 0 Å². The lowest BCUT2D eigenvalue weighted by molar-refractivity contribution is 0.0987. The molecule has 0 radical (unpaired) electrons. The Morgan fingerprint density at radius 1 is 1.24 bits per heavy atom. The molecule has 0 N–H and O–H groups in total. The number of aryl methyl sites for hydroxylation is 1. The number of hydrogen-bond donors (Lipinski definition) is 0. The Hall–Kier alpha value is -2.10. The molecule has 1 aromatic heterocycles. The molecule has 3 rings (SSSR count). The van der Waals surface area contributed by atoms with Crippen molar-refractivity contribution in [1.29, 1.82) is 0 Å². The van der Waals surface area contributed by atoms with E-state index in [1.54, 1.807) is 18.0 Å². The minimum absolute atomic E-state index is 0.174. The molecule has 1 heterocycles. The van der Waals surface area contributed by atoms with Gasteiger partial charge in [-0.3, -0.25) is 4.79 Å². The summed E-state index contributed by atoms with van der Waals surface area (Å²) in [6.07, 6.45) is 3.19. The molecule has 0 fully saturated rings. The van der Waals surface area contributed by atoms with Gasteiger partial charge in [-0.05, 0) is 30.7 Å². The van der Waals surface area contributed by atoms with Crippen LogP contribution in [0, 0.1) is 0 Å². The van der Waals surface area contributed by atoms with Gasteiger partial charge in [0.05, 0.1) is 19.0 Å². The first-order valence-corrected chi connectivity index (χ1v) is 5.54. The number of ketones is 1. The zero-order valence-corrected chi connectivity index (χ0v) is 9.51. The Labute approximate surface area is 98.8 Å². The van der Waals surface area contributed by atoms with Crippen molar-refractivity contribution in [2.24, 2.45) is 0 Å². The number of carbonyl (C=O) groups excluding carboxylic acids is 1. The monoisotopic (exact) mass is 228 g/mol. The number of Topliss-reactive ketones (excluding diaryl/α,β-unsaturated/α-hetero) is 1. The van der Waals surface area contributed by atoms with E-state index in [1.807, 2.05) is 24.3 Å². The molecule has 4 nitrogen and oxygen atoms in total. The number of methoxy groups -OCH3 is 1. The van der Waals surface area contributed by atoms with Crippen molar-refractivity contribution in [3.8, 4) is 11.4 Å². The summed E-state index contributed by atoms with van der Waals surface area (Å²) in [5.74, 6) is 0.970. The lowest BCUT2D eigenvalue weighted by atomic mass is 10.2. The van der Waals surface area contributed by atoms with Gasteiger partial charge in [0.2, 0.25) is 0 Å². The topological polar surface area (TPSA) is 44.1 Å². The largest absolute Gasteiger partial charge is 0.497 e. The molecule has 86 valence electrons. The van der Waals surface area contributed by atoms with Crippen molar-refractivity contribution in [3.63, 3.8) is 0 Å². The molecule has 0 saturated carbocycles. The molecule has 2 aromatic rings. The molecular weight excluding hydrogens is 216 g/mol. The first-order valence-electron chi connectivity index (χ1n) is 5.54. The van der Waals surface area contributed by atoms with Crippen LogP contribution < -0.4 is 4.74 Å². The maximum absolute atomic E-state index is 11.8. The van der Waals surface area contributed by atoms with E-state index in [0.29, 0.717) is 6.42 Å². The summed E-state index contributed by atoms with van der Waals surface area (Å²) < 4.78 is 6.82. The van der Waals surface area contributed by atoms with E-state index in [9.17, 15) is 4.79 Å². The minimum Gasteiger partial charge on any atom is -0.497 e. The molecule has 17 heavy (non-hydrogen) atoms. The molecule has 0 bridgehead atoms. The van der Waals surface area contributed by atoms with E-state index >= 15 is 0 Å². The molecule has 1 aliphatic carbocycles. The Morgan fingerprint density at radius 3 is 2.71 bits per heavy atom.